The summed E-state index contributed by atoms with van der Waals surface area (Å²) in [5.74, 6) is -0.688. The number of aliphatic hydroxyl groups is 7. The van der Waals surface area contributed by atoms with Gasteiger partial charge in [-0.25, -0.2) is 0 Å². The lowest BCUT2D eigenvalue weighted by molar-refractivity contribution is -0.303. The summed E-state index contributed by atoms with van der Waals surface area (Å²) in [4.78, 5) is 13.2. The number of nitrogens with one attached hydrogen (secondary N) is 1. The van der Waals surface area contributed by atoms with E-state index in [9.17, 15) is 40.5 Å². The van der Waals surface area contributed by atoms with Crippen molar-refractivity contribution in [3.63, 3.8) is 0 Å². The lowest BCUT2D eigenvalue weighted by atomic mass is 9.98. The Morgan fingerprint density at radius 1 is 0.431 bits per heavy atom. The maximum Gasteiger partial charge on any atom is 0.249 e. The summed E-state index contributed by atoms with van der Waals surface area (Å²) in [6.07, 6.45) is 47.4. The van der Waals surface area contributed by atoms with Crippen molar-refractivity contribution in [2.75, 3.05) is 13.2 Å². The Morgan fingerprint density at radius 2 is 0.722 bits per heavy atom. The van der Waals surface area contributed by atoms with Gasteiger partial charge in [-0.2, -0.15) is 0 Å². The SMILES string of the molecule is CCCCCCCCCCCCCCCCCCCCCCCCCCCCCCC(O)C(=O)NC(COC1OC(CO)C(O)C(O)C1O)C(O)C(O)CCCCCCCCCCCCCCCCCCC. The maximum absolute atomic E-state index is 13.2. The van der Waals surface area contributed by atoms with Crippen LogP contribution in [-0.4, -0.2) is 110 Å². The number of carbonyl (C=O) groups excluding carboxylic acids is 1. The Morgan fingerprint density at radius 3 is 1.03 bits per heavy atom. The smallest absolute Gasteiger partial charge is 0.249 e. The summed E-state index contributed by atoms with van der Waals surface area (Å²) in [6, 6.07) is -1.16. The summed E-state index contributed by atoms with van der Waals surface area (Å²) >= 11 is 0. The van der Waals surface area contributed by atoms with Crippen LogP contribution in [0.3, 0.4) is 0 Å². The molecule has 1 amide bonds. The van der Waals surface area contributed by atoms with E-state index >= 15 is 0 Å². The molecule has 1 aliphatic rings. The van der Waals surface area contributed by atoms with Crippen LogP contribution < -0.4 is 5.32 Å². The number of carbonyl (C=O) groups is 1. The third-order valence-corrected chi connectivity index (χ3v) is 15.7. The zero-order valence-corrected chi connectivity index (χ0v) is 47.2. The van der Waals surface area contributed by atoms with Gasteiger partial charge in [0.1, 0.15) is 36.6 Å². The normalized spacial score (nSPS) is 19.9. The highest BCUT2D eigenvalue weighted by atomic mass is 16.7. The Labute approximate surface area is 443 Å². The lowest BCUT2D eigenvalue weighted by Gasteiger charge is -2.40. The molecule has 9 atom stereocenters. The Hall–Kier alpha value is -0.890. The van der Waals surface area contributed by atoms with Crippen molar-refractivity contribution in [1.29, 1.82) is 0 Å². The number of hydrogen-bond donors (Lipinski definition) is 8. The van der Waals surface area contributed by atoms with Crippen molar-refractivity contribution in [2.24, 2.45) is 0 Å². The largest absolute Gasteiger partial charge is 0.394 e. The predicted octanol–water partition coefficient (Wildman–Crippen LogP) is 13.7. The molecule has 1 saturated heterocycles. The highest BCUT2D eigenvalue weighted by Gasteiger charge is 2.44. The number of hydrogen-bond acceptors (Lipinski definition) is 10. The minimum absolute atomic E-state index is 0.267. The molecule has 0 aromatic carbocycles. The van der Waals surface area contributed by atoms with Crippen LogP contribution in [0.5, 0.6) is 0 Å². The average Bonchev–Trinajstić information content (AvgIpc) is 3.38. The second-order valence-corrected chi connectivity index (χ2v) is 22.5. The van der Waals surface area contributed by atoms with Crippen molar-refractivity contribution in [3.05, 3.63) is 0 Å². The zero-order chi connectivity index (χ0) is 52.5. The molecular formula is C61H121NO10. The maximum atomic E-state index is 13.2. The molecular weight excluding hydrogens is 907 g/mol. The Balaban J connectivity index is 2.22. The highest BCUT2D eigenvalue weighted by Crippen LogP contribution is 2.24. The molecule has 11 heteroatoms. The van der Waals surface area contributed by atoms with Gasteiger partial charge in [0.2, 0.25) is 5.91 Å². The molecule has 8 N–H and O–H groups in total. The molecule has 430 valence electrons. The highest BCUT2D eigenvalue weighted by molar-refractivity contribution is 5.80. The van der Waals surface area contributed by atoms with E-state index in [1.165, 1.54) is 238 Å². The lowest BCUT2D eigenvalue weighted by Crippen LogP contribution is -2.60. The fourth-order valence-corrected chi connectivity index (χ4v) is 10.6. The van der Waals surface area contributed by atoms with Gasteiger partial charge in [-0.3, -0.25) is 4.79 Å². The van der Waals surface area contributed by atoms with Crippen LogP contribution in [0, 0.1) is 0 Å². The van der Waals surface area contributed by atoms with E-state index in [2.05, 4.69) is 19.2 Å². The van der Waals surface area contributed by atoms with Gasteiger partial charge in [0.15, 0.2) is 6.29 Å². The average molecular weight is 1030 g/mol. The quantitative estimate of drug-likeness (QED) is 0.0272. The molecule has 1 rings (SSSR count). The standard InChI is InChI=1S/C61H121NO10/c1-3-5-7-9-11-13-15-17-19-21-22-23-24-25-26-27-28-29-30-31-33-35-37-39-41-43-45-47-49-54(65)60(70)62-52(51-71-61-59(69)58(68)57(67)55(50-63)72-61)56(66)53(64)48-46-44-42-40-38-36-34-32-20-18-16-14-12-10-8-6-4-2/h52-59,61,63-69H,3-51H2,1-2H3,(H,62,70). The topological polar surface area (TPSA) is 189 Å². The molecule has 1 aliphatic heterocycles. The minimum Gasteiger partial charge on any atom is -0.394 e. The van der Waals surface area contributed by atoms with E-state index in [4.69, 9.17) is 9.47 Å². The monoisotopic (exact) mass is 1030 g/mol. The van der Waals surface area contributed by atoms with E-state index in [-0.39, 0.29) is 6.42 Å². The number of rotatable bonds is 55. The molecule has 72 heavy (non-hydrogen) atoms. The molecule has 0 aromatic heterocycles. The molecule has 9 unspecified atom stereocenters. The van der Waals surface area contributed by atoms with Crippen LogP contribution in [0.15, 0.2) is 0 Å². The van der Waals surface area contributed by atoms with Crippen molar-refractivity contribution in [3.8, 4) is 0 Å². The molecule has 11 nitrogen and oxygen atoms in total. The number of aliphatic hydroxyl groups excluding tert-OH is 7. The van der Waals surface area contributed by atoms with E-state index in [0.29, 0.717) is 19.3 Å². The number of unbranched alkanes of at least 4 members (excludes halogenated alkanes) is 43. The first kappa shape index (κ1) is 69.1. The van der Waals surface area contributed by atoms with E-state index in [0.717, 1.165) is 38.5 Å². The van der Waals surface area contributed by atoms with Gasteiger partial charge in [-0.1, -0.05) is 303 Å². The molecule has 0 aromatic rings. The van der Waals surface area contributed by atoms with Gasteiger partial charge < -0.3 is 50.5 Å². The second kappa shape index (κ2) is 50.9. The summed E-state index contributed by atoms with van der Waals surface area (Å²) in [5.41, 5.74) is 0. The second-order valence-electron chi connectivity index (χ2n) is 22.5. The molecule has 1 heterocycles. The fourth-order valence-electron chi connectivity index (χ4n) is 10.6. The van der Waals surface area contributed by atoms with E-state index < -0.39 is 74.2 Å². The fraction of sp³-hybridized carbons (Fsp3) is 0.984. The predicted molar refractivity (Wildman–Crippen MR) is 298 cm³/mol. The molecule has 0 aliphatic carbocycles. The zero-order valence-electron chi connectivity index (χ0n) is 47.2. The van der Waals surface area contributed by atoms with Gasteiger partial charge in [0, 0.05) is 0 Å². The summed E-state index contributed by atoms with van der Waals surface area (Å²) in [5, 5.41) is 76.3. The summed E-state index contributed by atoms with van der Waals surface area (Å²) in [7, 11) is 0. The molecule has 0 saturated carbocycles. The minimum atomic E-state index is -1.66. The van der Waals surface area contributed by atoms with Crippen molar-refractivity contribution < 1.29 is 50.0 Å². The molecule has 1 fully saturated rings. The van der Waals surface area contributed by atoms with Gasteiger partial charge in [0.25, 0.3) is 0 Å². The third kappa shape index (κ3) is 38.6. The van der Waals surface area contributed by atoms with Gasteiger partial charge in [-0.15, -0.1) is 0 Å². The van der Waals surface area contributed by atoms with Crippen molar-refractivity contribution in [2.45, 2.75) is 371 Å². The van der Waals surface area contributed by atoms with E-state index in [1.807, 2.05) is 0 Å². The van der Waals surface area contributed by atoms with Crippen molar-refractivity contribution in [1.82, 2.24) is 5.32 Å². The van der Waals surface area contributed by atoms with Crippen LogP contribution >= 0.6 is 0 Å². The van der Waals surface area contributed by atoms with Crippen LogP contribution in [0.25, 0.3) is 0 Å². The first-order chi connectivity index (χ1) is 35.2. The van der Waals surface area contributed by atoms with Gasteiger partial charge >= 0.3 is 0 Å². The Bertz CT molecular complexity index is 1130. The van der Waals surface area contributed by atoms with Crippen molar-refractivity contribution >= 4 is 5.91 Å². The summed E-state index contributed by atoms with van der Waals surface area (Å²) < 4.78 is 11.2. The van der Waals surface area contributed by atoms with E-state index in [1.54, 1.807) is 0 Å². The third-order valence-electron chi connectivity index (χ3n) is 15.7. The number of amides is 1. The van der Waals surface area contributed by atoms with Crippen LogP contribution in [0.2, 0.25) is 0 Å². The van der Waals surface area contributed by atoms with Crippen LogP contribution in [0.4, 0.5) is 0 Å². The Kier molecular flexibility index (Phi) is 48.9. The van der Waals surface area contributed by atoms with Crippen LogP contribution in [0.1, 0.15) is 316 Å². The molecule has 0 radical (unpaired) electrons. The van der Waals surface area contributed by atoms with Crippen LogP contribution in [-0.2, 0) is 14.3 Å². The molecule has 0 spiro atoms. The molecule has 0 bridgehead atoms. The number of ether oxygens (including phenoxy) is 2. The summed E-state index contributed by atoms with van der Waals surface area (Å²) in [6.45, 7) is 3.51. The van der Waals surface area contributed by atoms with Gasteiger partial charge in [-0.05, 0) is 12.8 Å². The van der Waals surface area contributed by atoms with Gasteiger partial charge in [0.05, 0.1) is 25.4 Å². The first-order valence-corrected chi connectivity index (χ1v) is 31.4. The first-order valence-electron chi connectivity index (χ1n) is 31.4.